The summed E-state index contributed by atoms with van der Waals surface area (Å²) in [5, 5.41) is 8.69. The highest BCUT2D eigenvalue weighted by Gasteiger charge is 2.30. The molecule has 108 valence electrons. The Morgan fingerprint density at radius 2 is 1.95 bits per heavy atom. The summed E-state index contributed by atoms with van der Waals surface area (Å²) in [7, 11) is 0. The lowest BCUT2D eigenvalue weighted by atomic mass is 10.1. The van der Waals surface area contributed by atoms with Gasteiger partial charge >= 0.3 is 6.18 Å². The van der Waals surface area contributed by atoms with E-state index in [1.165, 1.54) is 6.07 Å². The number of halogens is 4. The first-order valence-electron chi connectivity index (χ1n) is 5.97. The van der Waals surface area contributed by atoms with E-state index in [1.54, 1.807) is 19.1 Å². The standard InChI is InChI=1S/C13H17F4NO/c1-10-3-4-11(7-12(10)14)8-18(5-2-6-19)9-13(15,16)17/h3-4,7,19H,2,5-6,8-9H2,1H3. The van der Waals surface area contributed by atoms with Gasteiger partial charge in [0.1, 0.15) is 5.82 Å². The second-order valence-corrected chi connectivity index (χ2v) is 4.49. The minimum Gasteiger partial charge on any atom is -0.396 e. The van der Waals surface area contributed by atoms with Crippen LogP contribution in [0.4, 0.5) is 17.6 Å². The second-order valence-electron chi connectivity index (χ2n) is 4.49. The van der Waals surface area contributed by atoms with E-state index in [0.29, 0.717) is 11.1 Å². The van der Waals surface area contributed by atoms with Gasteiger partial charge in [-0.05, 0) is 30.5 Å². The Kier molecular flexibility index (Phi) is 5.75. The first-order chi connectivity index (χ1) is 8.81. The molecule has 0 heterocycles. The van der Waals surface area contributed by atoms with Gasteiger partial charge in [-0.2, -0.15) is 13.2 Å². The van der Waals surface area contributed by atoms with Crippen molar-refractivity contribution in [3.05, 3.63) is 35.1 Å². The van der Waals surface area contributed by atoms with Crippen molar-refractivity contribution in [2.75, 3.05) is 19.7 Å². The summed E-state index contributed by atoms with van der Waals surface area (Å²) >= 11 is 0. The smallest absolute Gasteiger partial charge is 0.396 e. The van der Waals surface area contributed by atoms with E-state index < -0.39 is 18.5 Å². The van der Waals surface area contributed by atoms with Crippen molar-refractivity contribution < 1.29 is 22.7 Å². The molecule has 19 heavy (non-hydrogen) atoms. The van der Waals surface area contributed by atoms with E-state index in [1.807, 2.05) is 0 Å². The van der Waals surface area contributed by atoms with E-state index >= 15 is 0 Å². The molecule has 0 spiro atoms. The van der Waals surface area contributed by atoms with Gasteiger partial charge in [0.2, 0.25) is 0 Å². The minimum absolute atomic E-state index is 0.0106. The third kappa shape index (κ3) is 6.02. The number of nitrogens with zero attached hydrogens (tertiary/aromatic N) is 1. The van der Waals surface area contributed by atoms with Crippen molar-refractivity contribution in [2.24, 2.45) is 0 Å². The Labute approximate surface area is 109 Å². The highest BCUT2D eigenvalue weighted by atomic mass is 19.4. The van der Waals surface area contributed by atoms with Crippen LogP contribution in [0.15, 0.2) is 18.2 Å². The predicted octanol–water partition coefficient (Wildman–Crippen LogP) is 2.88. The summed E-state index contributed by atoms with van der Waals surface area (Å²) in [5.41, 5.74) is 0.951. The maximum Gasteiger partial charge on any atom is 0.401 e. The molecule has 0 aliphatic rings. The summed E-state index contributed by atoms with van der Waals surface area (Å²) in [6, 6.07) is 4.40. The average molecular weight is 279 g/mol. The Hall–Kier alpha value is -1.14. The molecule has 0 aliphatic carbocycles. The fourth-order valence-electron chi connectivity index (χ4n) is 1.75. The van der Waals surface area contributed by atoms with Crippen LogP contribution in [0.1, 0.15) is 17.5 Å². The molecule has 2 nitrogen and oxygen atoms in total. The lowest BCUT2D eigenvalue weighted by Gasteiger charge is -2.23. The molecule has 0 amide bonds. The Balaban J connectivity index is 2.72. The van der Waals surface area contributed by atoms with E-state index in [-0.39, 0.29) is 26.1 Å². The van der Waals surface area contributed by atoms with Crippen LogP contribution in [0.25, 0.3) is 0 Å². The molecule has 0 saturated carbocycles. The lowest BCUT2D eigenvalue weighted by Crippen LogP contribution is -2.34. The molecule has 0 bridgehead atoms. The molecule has 1 aromatic carbocycles. The number of hydrogen-bond acceptors (Lipinski definition) is 2. The Morgan fingerprint density at radius 3 is 2.47 bits per heavy atom. The molecule has 0 atom stereocenters. The van der Waals surface area contributed by atoms with Crippen molar-refractivity contribution in [3.63, 3.8) is 0 Å². The molecule has 0 radical (unpaired) electrons. The van der Waals surface area contributed by atoms with Crippen LogP contribution in [0.5, 0.6) is 0 Å². The first kappa shape index (κ1) is 15.9. The van der Waals surface area contributed by atoms with Gasteiger partial charge in [-0.15, -0.1) is 0 Å². The van der Waals surface area contributed by atoms with E-state index in [9.17, 15) is 17.6 Å². The van der Waals surface area contributed by atoms with E-state index in [0.717, 1.165) is 4.90 Å². The monoisotopic (exact) mass is 279 g/mol. The Morgan fingerprint density at radius 1 is 1.26 bits per heavy atom. The SMILES string of the molecule is Cc1ccc(CN(CCCO)CC(F)(F)F)cc1F. The number of alkyl halides is 3. The van der Waals surface area contributed by atoms with Crippen molar-refractivity contribution in [2.45, 2.75) is 26.1 Å². The summed E-state index contributed by atoms with van der Waals surface area (Å²) in [5.74, 6) is -0.424. The number of aryl methyl sites for hydroxylation is 1. The van der Waals surface area contributed by atoms with Gasteiger partial charge in [-0.3, -0.25) is 4.90 Å². The maximum absolute atomic E-state index is 13.3. The normalized spacial score (nSPS) is 12.2. The largest absolute Gasteiger partial charge is 0.401 e. The highest BCUT2D eigenvalue weighted by Crippen LogP contribution is 2.19. The van der Waals surface area contributed by atoms with Crippen molar-refractivity contribution in [1.82, 2.24) is 4.90 Å². The second kappa shape index (κ2) is 6.86. The lowest BCUT2D eigenvalue weighted by molar-refractivity contribution is -0.147. The molecule has 1 N–H and O–H groups in total. The molecule has 0 aliphatic heterocycles. The summed E-state index contributed by atoms with van der Waals surface area (Å²) in [6.07, 6.45) is -4.05. The molecule has 1 rings (SSSR count). The van der Waals surface area contributed by atoms with E-state index in [4.69, 9.17) is 5.11 Å². The Bertz CT molecular complexity index is 406. The van der Waals surface area contributed by atoms with Gasteiger partial charge in [0, 0.05) is 19.7 Å². The van der Waals surface area contributed by atoms with Crippen LogP contribution in [0.2, 0.25) is 0 Å². The number of benzene rings is 1. The zero-order valence-electron chi connectivity index (χ0n) is 10.7. The quantitative estimate of drug-likeness (QED) is 0.809. The fraction of sp³-hybridized carbons (Fsp3) is 0.538. The highest BCUT2D eigenvalue weighted by molar-refractivity contribution is 5.23. The van der Waals surface area contributed by atoms with Gasteiger partial charge in [-0.1, -0.05) is 12.1 Å². The van der Waals surface area contributed by atoms with Gasteiger partial charge in [0.05, 0.1) is 6.54 Å². The maximum atomic E-state index is 13.3. The van der Waals surface area contributed by atoms with Gasteiger partial charge in [0.25, 0.3) is 0 Å². The number of aliphatic hydroxyl groups is 1. The van der Waals surface area contributed by atoms with Crippen LogP contribution in [0.3, 0.4) is 0 Å². The zero-order valence-corrected chi connectivity index (χ0v) is 10.7. The molecule has 0 unspecified atom stereocenters. The molecular formula is C13H17F4NO. The van der Waals surface area contributed by atoms with Crippen molar-refractivity contribution in [3.8, 4) is 0 Å². The number of rotatable bonds is 6. The molecule has 0 fully saturated rings. The third-order valence-corrected chi connectivity index (χ3v) is 2.68. The topological polar surface area (TPSA) is 23.5 Å². The number of hydrogen-bond donors (Lipinski definition) is 1. The van der Waals surface area contributed by atoms with Crippen LogP contribution < -0.4 is 0 Å². The summed E-state index contributed by atoms with van der Waals surface area (Å²) in [6.45, 7) is 0.486. The summed E-state index contributed by atoms with van der Waals surface area (Å²) in [4.78, 5) is 1.15. The average Bonchev–Trinajstić information content (AvgIpc) is 2.29. The van der Waals surface area contributed by atoms with Crippen LogP contribution in [-0.2, 0) is 6.54 Å². The first-order valence-corrected chi connectivity index (χ1v) is 5.97. The molecule has 6 heteroatoms. The van der Waals surface area contributed by atoms with Crippen molar-refractivity contribution >= 4 is 0 Å². The minimum atomic E-state index is -4.31. The van der Waals surface area contributed by atoms with Crippen LogP contribution in [0, 0.1) is 12.7 Å². The zero-order chi connectivity index (χ0) is 14.5. The third-order valence-electron chi connectivity index (χ3n) is 2.68. The predicted molar refractivity (Wildman–Crippen MR) is 64.2 cm³/mol. The molecule has 0 saturated heterocycles. The van der Waals surface area contributed by atoms with Crippen molar-refractivity contribution in [1.29, 1.82) is 0 Å². The summed E-state index contributed by atoms with van der Waals surface area (Å²) < 4.78 is 50.5. The van der Waals surface area contributed by atoms with Gasteiger partial charge in [-0.25, -0.2) is 4.39 Å². The molecule has 0 aromatic heterocycles. The van der Waals surface area contributed by atoms with Crippen LogP contribution >= 0.6 is 0 Å². The van der Waals surface area contributed by atoms with E-state index in [2.05, 4.69) is 0 Å². The van der Waals surface area contributed by atoms with Gasteiger partial charge < -0.3 is 5.11 Å². The number of aliphatic hydroxyl groups excluding tert-OH is 1. The molecule has 1 aromatic rings. The fourth-order valence-corrected chi connectivity index (χ4v) is 1.75. The van der Waals surface area contributed by atoms with Crippen LogP contribution in [-0.4, -0.2) is 35.9 Å². The molecular weight excluding hydrogens is 262 g/mol. The van der Waals surface area contributed by atoms with Gasteiger partial charge in [0.15, 0.2) is 0 Å².